The Morgan fingerprint density at radius 3 is 2.29 bits per heavy atom. The van der Waals surface area contributed by atoms with Gasteiger partial charge in [0.2, 0.25) is 0 Å². The summed E-state index contributed by atoms with van der Waals surface area (Å²) in [6.07, 6.45) is 4.00. The van der Waals surface area contributed by atoms with Gasteiger partial charge in [0.05, 0.1) is 0 Å². The average Bonchev–Trinajstić information content (AvgIpc) is 2.72. The minimum absolute atomic E-state index is 0.186. The van der Waals surface area contributed by atoms with Crippen LogP contribution in [0.1, 0.15) is 5.56 Å². The highest BCUT2D eigenvalue weighted by Crippen LogP contribution is 2.08. The highest BCUT2D eigenvalue weighted by Gasteiger charge is 1.96. The minimum Gasteiger partial charge on any atom is -0.396 e. The summed E-state index contributed by atoms with van der Waals surface area (Å²) in [6, 6.07) is 7.94. The van der Waals surface area contributed by atoms with E-state index in [4.69, 9.17) is 5.11 Å². The Balaban J connectivity index is 2.22. The van der Waals surface area contributed by atoms with E-state index >= 15 is 0 Å². The van der Waals surface area contributed by atoms with E-state index in [9.17, 15) is 0 Å². The molecule has 0 bridgehead atoms. The third-order valence-electron chi connectivity index (χ3n) is 2.05. The zero-order valence-electron chi connectivity index (χ0n) is 7.67. The first-order chi connectivity index (χ1) is 6.90. The van der Waals surface area contributed by atoms with Crippen molar-refractivity contribution in [3.05, 3.63) is 42.5 Å². The Bertz CT molecular complexity index is 380. The second kappa shape index (κ2) is 4.02. The van der Waals surface area contributed by atoms with Crippen molar-refractivity contribution in [1.29, 1.82) is 0 Å². The molecule has 0 fully saturated rings. The first-order valence-corrected chi connectivity index (χ1v) is 4.45. The summed E-state index contributed by atoms with van der Waals surface area (Å²) >= 11 is 0. The van der Waals surface area contributed by atoms with Gasteiger partial charge < -0.3 is 5.11 Å². The van der Waals surface area contributed by atoms with Gasteiger partial charge in [-0.1, -0.05) is 12.1 Å². The molecule has 2 rings (SSSR count). The van der Waals surface area contributed by atoms with E-state index in [1.807, 2.05) is 28.8 Å². The summed E-state index contributed by atoms with van der Waals surface area (Å²) in [4.78, 5) is 0. The molecule has 2 aromatic rings. The molecule has 1 aromatic carbocycles. The maximum absolute atomic E-state index is 8.75. The number of aliphatic hydroxyl groups is 1. The van der Waals surface area contributed by atoms with E-state index in [0.717, 1.165) is 11.3 Å². The van der Waals surface area contributed by atoms with Crippen LogP contribution in [0.5, 0.6) is 0 Å². The lowest BCUT2D eigenvalue weighted by molar-refractivity contribution is 0.299. The average molecular weight is 189 g/mol. The van der Waals surface area contributed by atoms with Gasteiger partial charge in [-0.2, -0.15) is 0 Å². The van der Waals surface area contributed by atoms with Crippen molar-refractivity contribution < 1.29 is 5.11 Å². The Morgan fingerprint density at radius 2 is 1.71 bits per heavy atom. The Morgan fingerprint density at radius 1 is 1.07 bits per heavy atom. The van der Waals surface area contributed by atoms with Gasteiger partial charge in [-0.25, -0.2) is 0 Å². The molecule has 1 N–H and O–H groups in total. The summed E-state index contributed by atoms with van der Waals surface area (Å²) in [5, 5.41) is 16.2. The molecule has 0 amide bonds. The van der Waals surface area contributed by atoms with Crippen LogP contribution in [0.2, 0.25) is 0 Å². The van der Waals surface area contributed by atoms with Gasteiger partial charge >= 0.3 is 0 Å². The smallest absolute Gasteiger partial charge is 0.123 e. The molecule has 14 heavy (non-hydrogen) atoms. The van der Waals surface area contributed by atoms with Gasteiger partial charge in [-0.3, -0.25) is 4.57 Å². The van der Waals surface area contributed by atoms with Gasteiger partial charge in [0.15, 0.2) is 0 Å². The number of hydrogen-bond donors (Lipinski definition) is 1. The van der Waals surface area contributed by atoms with E-state index in [1.54, 1.807) is 12.7 Å². The standard InChI is InChI=1S/C10H11N3O/c14-6-5-9-1-3-10(4-2-9)13-7-11-12-8-13/h1-4,7-8,14H,5-6H2. The lowest BCUT2D eigenvalue weighted by Gasteiger charge is -2.02. The third kappa shape index (κ3) is 1.80. The van der Waals surface area contributed by atoms with Crippen molar-refractivity contribution in [3.63, 3.8) is 0 Å². The maximum Gasteiger partial charge on any atom is 0.123 e. The van der Waals surface area contributed by atoms with Crippen molar-refractivity contribution >= 4 is 0 Å². The molecule has 0 aliphatic rings. The van der Waals surface area contributed by atoms with Crippen LogP contribution >= 0.6 is 0 Å². The van der Waals surface area contributed by atoms with Crippen molar-refractivity contribution in [2.75, 3.05) is 6.61 Å². The van der Waals surface area contributed by atoms with E-state index < -0.39 is 0 Å². The van der Waals surface area contributed by atoms with Crippen molar-refractivity contribution in [3.8, 4) is 5.69 Å². The summed E-state index contributed by atoms with van der Waals surface area (Å²) in [5.74, 6) is 0. The van der Waals surface area contributed by atoms with Crippen LogP contribution in [0.25, 0.3) is 5.69 Å². The predicted octanol–water partition coefficient (Wildman–Crippen LogP) is 0.802. The number of benzene rings is 1. The molecule has 0 atom stereocenters. The van der Waals surface area contributed by atoms with Crippen LogP contribution in [0.4, 0.5) is 0 Å². The Hall–Kier alpha value is -1.68. The predicted molar refractivity (Wildman–Crippen MR) is 52.1 cm³/mol. The van der Waals surface area contributed by atoms with Crippen LogP contribution in [0.3, 0.4) is 0 Å². The fourth-order valence-electron chi connectivity index (χ4n) is 1.30. The summed E-state index contributed by atoms with van der Waals surface area (Å²) in [6.45, 7) is 0.186. The van der Waals surface area contributed by atoms with Crippen molar-refractivity contribution in [2.24, 2.45) is 0 Å². The van der Waals surface area contributed by atoms with Gasteiger partial charge in [0.1, 0.15) is 12.7 Å². The second-order valence-electron chi connectivity index (χ2n) is 3.01. The fraction of sp³-hybridized carbons (Fsp3) is 0.200. The number of rotatable bonds is 3. The monoisotopic (exact) mass is 189 g/mol. The second-order valence-corrected chi connectivity index (χ2v) is 3.01. The zero-order chi connectivity index (χ0) is 9.80. The molecule has 0 spiro atoms. The molecule has 0 unspecified atom stereocenters. The van der Waals surface area contributed by atoms with Gasteiger partial charge in [-0.15, -0.1) is 10.2 Å². The Kier molecular flexibility index (Phi) is 2.55. The first-order valence-electron chi connectivity index (χ1n) is 4.45. The molecule has 0 aliphatic carbocycles. The minimum atomic E-state index is 0.186. The number of nitrogens with zero attached hydrogens (tertiary/aromatic N) is 3. The zero-order valence-corrected chi connectivity index (χ0v) is 7.67. The summed E-state index contributed by atoms with van der Waals surface area (Å²) < 4.78 is 1.84. The summed E-state index contributed by atoms with van der Waals surface area (Å²) in [5.41, 5.74) is 2.15. The lowest BCUT2D eigenvalue weighted by atomic mass is 10.1. The van der Waals surface area contributed by atoms with Crippen LogP contribution in [-0.4, -0.2) is 26.5 Å². The summed E-state index contributed by atoms with van der Waals surface area (Å²) in [7, 11) is 0. The molecule has 0 saturated heterocycles. The van der Waals surface area contributed by atoms with E-state index in [1.165, 1.54) is 0 Å². The number of aliphatic hydroxyl groups excluding tert-OH is 1. The van der Waals surface area contributed by atoms with Gasteiger partial charge in [0, 0.05) is 12.3 Å². The molecule has 1 aromatic heterocycles. The highest BCUT2D eigenvalue weighted by molar-refractivity contribution is 5.34. The molecule has 0 radical (unpaired) electrons. The third-order valence-corrected chi connectivity index (χ3v) is 2.05. The first kappa shape index (κ1) is 8.90. The SMILES string of the molecule is OCCc1ccc(-n2cnnc2)cc1. The van der Waals surface area contributed by atoms with Crippen LogP contribution in [-0.2, 0) is 6.42 Å². The topological polar surface area (TPSA) is 50.9 Å². The van der Waals surface area contributed by atoms with Crippen LogP contribution in [0, 0.1) is 0 Å². The quantitative estimate of drug-likeness (QED) is 0.777. The fourth-order valence-corrected chi connectivity index (χ4v) is 1.30. The molecule has 4 heteroatoms. The van der Waals surface area contributed by atoms with Crippen molar-refractivity contribution in [2.45, 2.75) is 6.42 Å². The maximum atomic E-state index is 8.75. The van der Waals surface area contributed by atoms with E-state index in [0.29, 0.717) is 6.42 Å². The molecular formula is C10H11N3O. The largest absolute Gasteiger partial charge is 0.396 e. The normalized spacial score (nSPS) is 10.4. The molecule has 0 saturated carbocycles. The number of aromatic nitrogens is 3. The van der Waals surface area contributed by atoms with Crippen LogP contribution < -0.4 is 0 Å². The number of hydrogen-bond acceptors (Lipinski definition) is 3. The molecule has 4 nitrogen and oxygen atoms in total. The van der Waals surface area contributed by atoms with Crippen molar-refractivity contribution in [1.82, 2.24) is 14.8 Å². The molecular weight excluding hydrogens is 178 g/mol. The lowest BCUT2D eigenvalue weighted by Crippen LogP contribution is -1.93. The van der Waals surface area contributed by atoms with E-state index in [2.05, 4.69) is 10.2 Å². The van der Waals surface area contributed by atoms with E-state index in [-0.39, 0.29) is 6.61 Å². The Labute approximate surface area is 81.8 Å². The molecule has 0 aliphatic heterocycles. The van der Waals surface area contributed by atoms with Crippen LogP contribution in [0.15, 0.2) is 36.9 Å². The molecule has 72 valence electrons. The van der Waals surface area contributed by atoms with Gasteiger partial charge in [0.25, 0.3) is 0 Å². The molecule has 1 heterocycles. The highest BCUT2D eigenvalue weighted by atomic mass is 16.2. The van der Waals surface area contributed by atoms with Gasteiger partial charge in [-0.05, 0) is 24.1 Å².